The second kappa shape index (κ2) is 11.1. The van der Waals surface area contributed by atoms with Crippen molar-refractivity contribution < 1.29 is 13.2 Å². The summed E-state index contributed by atoms with van der Waals surface area (Å²) in [6.45, 7) is 3.62. The number of fused-ring (bicyclic) bond motifs is 1. The van der Waals surface area contributed by atoms with Crippen LogP contribution in [0.1, 0.15) is 30.1 Å². The molecule has 1 amide bonds. The number of anilines is 1. The Morgan fingerprint density at radius 2 is 1.73 bits per heavy atom. The summed E-state index contributed by atoms with van der Waals surface area (Å²) in [5, 5.41) is 0.617. The van der Waals surface area contributed by atoms with Gasteiger partial charge in [0.1, 0.15) is 0 Å². The van der Waals surface area contributed by atoms with Crippen molar-refractivity contribution in [3.63, 3.8) is 0 Å². The van der Waals surface area contributed by atoms with Gasteiger partial charge in [-0.3, -0.25) is 9.69 Å². The smallest absolute Gasteiger partial charge is 0.260 e. The van der Waals surface area contributed by atoms with E-state index < -0.39 is 10.0 Å². The van der Waals surface area contributed by atoms with Crippen LogP contribution in [0.15, 0.2) is 51.8 Å². The number of unbranched alkanes of at least 4 members (excludes halogenated alkanes) is 1. The lowest BCUT2D eigenvalue weighted by Gasteiger charge is -2.22. The average Bonchev–Trinajstić information content (AvgIpc) is 3.19. The van der Waals surface area contributed by atoms with Crippen LogP contribution in [0, 0.1) is 0 Å². The highest BCUT2D eigenvalue weighted by atomic mass is 79.9. The van der Waals surface area contributed by atoms with E-state index in [0.29, 0.717) is 30.3 Å². The molecule has 3 rings (SSSR count). The molecule has 33 heavy (non-hydrogen) atoms. The minimum atomic E-state index is -3.58. The number of carbonyl (C=O) groups excluding carboxylic acids is 1. The van der Waals surface area contributed by atoms with E-state index in [-0.39, 0.29) is 10.8 Å². The highest BCUT2D eigenvalue weighted by molar-refractivity contribution is 9.10. The van der Waals surface area contributed by atoms with Gasteiger partial charge in [0.05, 0.1) is 15.1 Å². The van der Waals surface area contributed by atoms with Gasteiger partial charge >= 0.3 is 0 Å². The molecule has 0 fully saturated rings. The molecule has 0 saturated carbocycles. The highest BCUT2D eigenvalue weighted by Crippen LogP contribution is 2.31. The highest BCUT2D eigenvalue weighted by Gasteiger charge is 2.24. The number of amides is 1. The normalized spacial score (nSPS) is 12.1. The molecule has 0 aliphatic heterocycles. The molecule has 10 heteroatoms. The SMILES string of the molecule is CCCCN(C)S(=O)(=O)c1ccc(C(=O)N(CCN(C)C)c2nc3ccc(Br)cc3s2)cc1. The van der Waals surface area contributed by atoms with E-state index in [2.05, 4.69) is 20.9 Å². The minimum Gasteiger partial charge on any atom is -0.308 e. The molecule has 1 aromatic heterocycles. The Bertz CT molecular complexity index is 1210. The lowest BCUT2D eigenvalue weighted by molar-refractivity contribution is 0.0985. The number of carbonyl (C=O) groups is 1. The standard InChI is InChI=1S/C23H29BrN4O3S2/c1-5-6-13-27(4)33(30,31)19-10-7-17(8-11-19)22(29)28(15-14-26(2)3)23-25-20-12-9-18(24)16-21(20)32-23/h7-12,16H,5-6,13-15H2,1-4H3. The van der Waals surface area contributed by atoms with Gasteiger partial charge in [-0.15, -0.1) is 0 Å². The van der Waals surface area contributed by atoms with E-state index in [1.165, 1.54) is 27.8 Å². The maximum absolute atomic E-state index is 13.4. The van der Waals surface area contributed by atoms with E-state index in [9.17, 15) is 13.2 Å². The second-order valence-electron chi connectivity index (χ2n) is 8.07. The number of aromatic nitrogens is 1. The van der Waals surface area contributed by atoms with Crippen LogP contribution < -0.4 is 4.90 Å². The summed E-state index contributed by atoms with van der Waals surface area (Å²) in [6, 6.07) is 12.0. The van der Waals surface area contributed by atoms with Crippen LogP contribution in [0.25, 0.3) is 10.2 Å². The largest absolute Gasteiger partial charge is 0.308 e. The Morgan fingerprint density at radius 1 is 1.03 bits per heavy atom. The molecule has 0 saturated heterocycles. The molecule has 0 N–H and O–H groups in total. The molecule has 0 atom stereocenters. The van der Waals surface area contributed by atoms with Gasteiger partial charge in [0.15, 0.2) is 5.13 Å². The first-order chi connectivity index (χ1) is 15.6. The van der Waals surface area contributed by atoms with Gasteiger partial charge in [-0.1, -0.05) is 40.6 Å². The molecule has 0 spiro atoms. The molecule has 178 valence electrons. The van der Waals surface area contributed by atoms with Gasteiger partial charge in [-0.05, 0) is 63.0 Å². The fourth-order valence-corrected chi connectivity index (χ4v) is 5.94. The van der Waals surface area contributed by atoms with Crippen molar-refractivity contribution in [1.82, 2.24) is 14.2 Å². The molecule has 1 heterocycles. The average molecular weight is 554 g/mol. The predicted molar refractivity (Wildman–Crippen MR) is 139 cm³/mol. The summed E-state index contributed by atoms with van der Waals surface area (Å²) in [4.78, 5) is 22.0. The summed E-state index contributed by atoms with van der Waals surface area (Å²) >= 11 is 4.94. The summed E-state index contributed by atoms with van der Waals surface area (Å²) < 4.78 is 28.9. The lowest BCUT2D eigenvalue weighted by atomic mass is 10.2. The first-order valence-corrected chi connectivity index (χ1v) is 13.8. The Hall–Kier alpha value is -1.85. The van der Waals surface area contributed by atoms with Crippen LogP contribution in [-0.4, -0.2) is 69.3 Å². The molecule has 0 radical (unpaired) electrons. The van der Waals surface area contributed by atoms with Crippen LogP contribution in [0.5, 0.6) is 0 Å². The molecule has 0 aliphatic rings. The summed E-state index contributed by atoms with van der Waals surface area (Å²) in [7, 11) is 1.90. The van der Waals surface area contributed by atoms with Gasteiger partial charge in [0.2, 0.25) is 10.0 Å². The first-order valence-electron chi connectivity index (χ1n) is 10.7. The number of benzene rings is 2. The Labute approximate surface area is 208 Å². The molecule has 2 aromatic carbocycles. The van der Waals surface area contributed by atoms with Crippen molar-refractivity contribution in [3.8, 4) is 0 Å². The number of thiazole rings is 1. The number of sulfonamides is 1. The van der Waals surface area contributed by atoms with Crippen molar-refractivity contribution in [2.45, 2.75) is 24.7 Å². The van der Waals surface area contributed by atoms with Crippen LogP contribution in [0.2, 0.25) is 0 Å². The molecule has 7 nitrogen and oxygen atoms in total. The summed E-state index contributed by atoms with van der Waals surface area (Å²) in [5.74, 6) is -0.210. The van der Waals surface area contributed by atoms with Crippen molar-refractivity contribution in [2.75, 3.05) is 45.7 Å². The van der Waals surface area contributed by atoms with E-state index in [1.54, 1.807) is 24.1 Å². The molecule has 0 bridgehead atoms. The zero-order valence-corrected chi connectivity index (χ0v) is 22.5. The van der Waals surface area contributed by atoms with Crippen LogP contribution in [-0.2, 0) is 10.0 Å². The third-order valence-electron chi connectivity index (χ3n) is 5.22. The number of nitrogens with zero attached hydrogens (tertiary/aromatic N) is 4. The monoisotopic (exact) mass is 552 g/mol. The summed E-state index contributed by atoms with van der Waals surface area (Å²) in [5.41, 5.74) is 1.25. The van der Waals surface area contributed by atoms with Crippen molar-refractivity contribution >= 4 is 58.5 Å². The second-order valence-corrected chi connectivity index (χ2v) is 12.0. The number of hydrogen-bond acceptors (Lipinski definition) is 6. The minimum absolute atomic E-state index is 0.183. The number of halogens is 1. The molecule has 0 aliphatic carbocycles. The maximum atomic E-state index is 13.4. The van der Waals surface area contributed by atoms with Crippen LogP contribution >= 0.6 is 27.3 Å². The van der Waals surface area contributed by atoms with Crippen molar-refractivity contribution in [2.24, 2.45) is 0 Å². The fourth-order valence-electron chi connectivity index (χ4n) is 3.19. The topological polar surface area (TPSA) is 73.8 Å². The number of hydrogen-bond donors (Lipinski definition) is 0. The lowest BCUT2D eigenvalue weighted by Crippen LogP contribution is -2.36. The quantitative estimate of drug-likeness (QED) is 0.364. The number of likely N-dealkylation sites (N-methyl/N-ethyl adjacent to an activating group) is 1. The molecule has 0 unspecified atom stereocenters. The number of rotatable bonds is 10. The Kier molecular flexibility index (Phi) is 8.63. The van der Waals surface area contributed by atoms with Gasteiger partial charge in [0.25, 0.3) is 5.91 Å². The van der Waals surface area contributed by atoms with E-state index in [1.807, 2.05) is 44.1 Å². The molecular formula is C23H29BrN4O3S2. The van der Waals surface area contributed by atoms with Crippen molar-refractivity contribution in [1.29, 1.82) is 0 Å². The third-order valence-corrected chi connectivity index (χ3v) is 8.63. The van der Waals surface area contributed by atoms with Crippen LogP contribution in [0.4, 0.5) is 5.13 Å². The van der Waals surface area contributed by atoms with Crippen molar-refractivity contribution in [3.05, 3.63) is 52.5 Å². The summed E-state index contributed by atoms with van der Waals surface area (Å²) in [6.07, 6.45) is 1.71. The van der Waals surface area contributed by atoms with E-state index in [4.69, 9.17) is 0 Å². The van der Waals surface area contributed by atoms with Gasteiger partial charge in [-0.2, -0.15) is 0 Å². The zero-order chi connectivity index (χ0) is 24.2. The fraction of sp³-hybridized carbons (Fsp3) is 0.391. The van der Waals surface area contributed by atoms with E-state index in [0.717, 1.165) is 27.5 Å². The Morgan fingerprint density at radius 3 is 2.36 bits per heavy atom. The Balaban J connectivity index is 1.89. The van der Waals surface area contributed by atoms with Crippen LogP contribution in [0.3, 0.4) is 0 Å². The van der Waals surface area contributed by atoms with Gasteiger partial charge < -0.3 is 4.90 Å². The first kappa shape index (κ1) is 25.8. The molecular weight excluding hydrogens is 524 g/mol. The maximum Gasteiger partial charge on any atom is 0.260 e. The zero-order valence-electron chi connectivity index (χ0n) is 19.3. The van der Waals surface area contributed by atoms with E-state index >= 15 is 0 Å². The third kappa shape index (κ3) is 6.19. The predicted octanol–water partition coefficient (Wildman–Crippen LogP) is 4.69. The van der Waals surface area contributed by atoms with Gasteiger partial charge in [-0.25, -0.2) is 17.7 Å². The van der Waals surface area contributed by atoms with Gasteiger partial charge in [0, 0.05) is 36.7 Å². The molecule has 3 aromatic rings.